The number of aryl methyl sites for hydroxylation is 1. The maximum absolute atomic E-state index is 12.6. The summed E-state index contributed by atoms with van der Waals surface area (Å²) in [7, 11) is 2.15. The molecule has 0 bridgehead atoms. The summed E-state index contributed by atoms with van der Waals surface area (Å²) in [5.74, 6) is 0.384. The van der Waals surface area contributed by atoms with Crippen molar-refractivity contribution in [2.24, 2.45) is 11.3 Å². The van der Waals surface area contributed by atoms with E-state index in [-0.39, 0.29) is 17.4 Å². The predicted octanol–water partition coefficient (Wildman–Crippen LogP) is 1.85. The van der Waals surface area contributed by atoms with Gasteiger partial charge in [0.15, 0.2) is 0 Å². The predicted molar refractivity (Wildman–Crippen MR) is 93.8 cm³/mol. The normalized spacial score (nSPS) is 33.0. The fourth-order valence-corrected chi connectivity index (χ4v) is 5.16. The van der Waals surface area contributed by atoms with Crippen molar-refractivity contribution in [2.45, 2.75) is 58.2 Å². The standard InChI is InChI=1S/C19H29N3O2/c1-5-13-7-6-8-20-16(13)18(24)21-14-9-19(10-15(14)23)11-22(4)17(19)12(2)3/h6-8,12,14-15,17,23H,5,9-11H2,1-4H3,(H,21,24)/t14-,15-,17?,19?/m1/s1. The zero-order valence-electron chi connectivity index (χ0n) is 15.1. The number of hydrogen-bond acceptors (Lipinski definition) is 4. The molecule has 4 atom stereocenters. The van der Waals surface area contributed by atoms with Crippen molar-refractivity contribution in [3.8, 4) is 0 Å². The number of hydrogen-bond donors (Lipinski definition) is 2. The molecule has 5 nitrogen and oxygen atoms in total. The molecule has 3 rings (SSSR count). The molecule has 132 valence electrons. The van der Waals surface area contributed by atoms with Crippen LogP contribution in [0.1, 0.15) is 49.7 Å². The van der Waals surface area contributed by atoms with Crippen molar-refractivity contribution < 1.29 is 9.90 Å². The summed E-state index contributed by atoms with van der Waals surface area (Å²) in [5.41, 5.74) is 1.57. The number of pyridine rings is 1. The van der Waals surface area contributed by atoms with E-state index in [0.29, 0.717) is 17.7 Å². The Balaban J connectivity index is 1.72. The summed E-state index contributed by atoms with van der Waals surface area (Å²) >= 11 is 0. The first-order valence-corrected chi connectivity index (χ1v) is 9.01. The Morgan fingerprint density at radius 2 is 2.25 bits per heavy atom. The molecule has 2 aliphatic rings. The number of likely N-dealkylation sites (tertiary alicyclic amines) is 1. The van der Waals surface area contributed by atoms with Gasteiger partial charge in [-0.15, -0.1) is 0 Å². The molecule has 24 heavy (non-hydrogen) atoms. The molecule has 1 aromatic heterocycles. The molecule has 1 spiro atoms. The van der Waals surface area contributed by atoms with Crippen LogP contribution in [0.15, 0.2) is 18.3 Å². The Morgan fingerprint density at radius 1 is 1.50 bits per heavy atom. The van der Waals surface area contributed by atoms with Gasteiger partial charge in [-0.1, -0.05) is 26.8 Å². The lowest BCUT2D eigenvalue weighted by Crippen LogP contribution is -2.64. The van der Waals surface area contributed by atoms with Crippen LogP contribution in [0.4, 0.5) is 0 Å². The molecule has 2 fully saturated rings. The van der Waals surface area contributed by atoms with Gasteiger partial charge in [-0.3, -0.25) is 9.78 Å². The van der Waals surface area contributed by atoms with E-state index in [1.54, 1.807) is 6.20 Å². The minimum atomic E-state index is -0.474. The summed E-state index contributed by atoms with van der Waals surface area (Å²) in [5, 5.41) is 13.6. The summed E-state index contributed by atoms with van der Waals surface area (Å²) in [6, 6.07) is 4.09. The topological polar surface area (TPSA) is 65.5 Å². The number of carbonyl (C=O) groups excluding carboxylic acids is 1. The lowest BCUT2D eigenvalue weighted by molar-refractivity contribution is -0.0827. The van der Waals surface area contributed by atoms with E-state index in [1.165, 1.54) is 0 Å². The number of nitrogens with zero attached hydrogens (tertiary/aromatic N) is 2. The quantitative estimate of drug-likeness (QED) is 0.884. The van der Waals surface area contributed by atoms with Gasteiger partial charge in [-0.05, 0) is 43.9 Å². The van der Waals surface area contributed by atoms with Crippen LogP contribution in [-0.2, 0) is 6.42 Å². The van der Waals surface area contributed by atoms with Crippen LogP contribution in [0.2, 0.25) is 0 Å². The van der Waals surface area contributed by atoms with Crippen molar-refractivity contribution in [3.05, 3.63) is 29.6 Å². The molecule has 1 aliphatic carbocycles. The van der Waals surface area contributed by atoms with E-state index >= 15 is 0 Å². The second-order valence-electron chi connectivity index (χ2n) is 7.89. The van der Waals surface area contributed by atoms with Gasteiger partial charge in [-0.25, -0.2) is 0 Å². The van der Waals surface area contributed by atoms with Crippen LogP contribution in [-0.4, -0.2) is 52.7 Å². The summed E-state index contributed by atoms with van der Waals surface area (Å²) < 4.78 is 0. The second-order valence-corrected chi connectivity index (χ2v) is 7.89. The fourth-order valence-electron chi connectivity index (χ4n) is 5.16. The molecular weight excluding hydrogens is 302 g/mol. The van der Waals surface area contributed by atoms with Gasteiger partial charge in [0.25, 0.3) is 5.91 Å². The maximum atomic E-state index is 12.6. The molecule has 1 aliphatic heterocycles. The average molecular weight is 331 g/mol. The molecule has 2 unspecified atom stereocenters. The number of carbonyl (C=O) groups is 1. The highest BCUT2D eigenvalue weighted by Crippen LogP contribution is 2.52. The summed E-state index contributed by atoms with van der Waals surface area (Å²) in [6.45, 7) is 7.50. The van der Waals surface area contributed by atoms with E-state index in [0.717, 1.165) is 31.4 Å². The van der Waals surface area contributed by atoms with Crippen molar-refractivity contribution in [1.29, 1.82) is 0 Å². The van der Waals surface area contributed by atoms with Crippen molar-refractivity contribution in [2.75, 3.05) is 13.6 Å². The largest absolute Gasteiger partial charge is 0.391 e. The number of aromatic nitrogens is 1. The Hall–Kier alpha value is -1.46. The lowest BCUT2D eigenvalue weighted by Gasteiger charge is -2.57. The molecular formula is C19H29N3O2. The van der Waals surface area contributed by atoms with Crippen LogP contribution >= 0.6 is 0 Å². The minimum Gasteiger partial charge on any atom is -0.391 e. The zero-order chi connectivity index (χ0) is 17.5. The van der Waals surface area contributed by atoms with Gasteiger partial charge in [0.1, 0.15) is 5.69 Å². The van der Waals surface area contributed by atoms with Gasteiger partial charge >= 0.3 is 0 Å². The van der Waals surface area contributed by atoms with E-state index in [2.05, 4.69) is 36.1 Å². The fraction of sp³-hybridized carbons (Fsp3) is 0.684. The smallest absolute Gasteiger partial charge is 0.270 e. The summed E-state index contributed by atoms with van der Waals surface area (Å²) in [6.07, 6.45) is 3.57. The van der Waals surface area contributed by atoms with Crippen LogP contribution in [0.5, 0.6) is 0 Å². The molecule has 1 aromatic rings. The number of aliphatic hydroxyl groups is 1. The van der Waals surface area contributed by atoms with Gasteiger partial charge in [0.2, 0.25) is 0 Å². The third-order valence-electron chi connectivity index (χ3n) is 5.81. The highest BCUT2D eigenvalue weighted by Gasteiger charge is 2.58. The third kappa shape index (κ3) is 2.84. The van der Waals surface area contributed by atoms with E-state index in [9.17, 15) is 9.90 Å². The maximum Gasteiger partial charge on any atom is 0.270 e. The third-order valence-corrected chi connectivity index (χ3v) is 5.81. The van der Waals surface area contributed by atoms with Crippen LogP contribution in [0.25, 0.3) is 0 Å². The van der Waals surface area contributed by atoms with Crippen LogP contribution in [0, 0.1) is 11.3 Å². The van der Waals surface area contributed by atoms with E-state index in [4.69, 9.17) is 0 Å². The average Bonchev–Trinajstić information content (AvgIpc) is 2.83. The Kier molecular flexibility index (Phi) is 4.67. The number of aliphatic hydroxyl groups excluding tert-OH is 1. The number of nitrogens with one attached hydrogen (secondary N) is 1. The lowest BCUT2D eigenvalue weighted by atomic mass is 9.66. The second kappa shape index (κ2) is 6.45. The van der Waals surface area contributed by atoms with Crippen molar-refractivity contribution in [1.82, 2.24) is 15.2 Å². The first kappa shape index (κ1) is 17.4. The first-order chi connectivity index (χ1) is 11.4. The molecule has 2 heterocycles. The molecule has 2 N–H and O–H groups in total. The Bertz CT molecular complexity index is 614. The molecule has 1 amide bonds. The Morgan fingerprint density at radius 3 is 2.88 bits per heavy atom. The number of rotatable bonds is 4. The molecule has 1 saturated carbocycles. The molecule has 0 aromatic carbocycles. The van der Waals surface area contributed by atoms with E-state index in [1.807, 2.05) is 19.1 Å². The molecule has 0 radical (unpaired) electrons. The minimum absolute atomic E-state index is 0.137. The van der Waals surface area contributed by atoms with Crippen LogP contribution < -0.4 is 5.32 Å². The highest BCUT2D eigenvalue weighted by molar-refractivity contribution is 5.93. The van der Waals surface area contributed by atoms with E-state index < -0.39 is 6.10 Å². The SMILES string of the molecule is CCc1cccnc1C(=O)N[C@@H]1CC2(C[C@H]1O)CN(C)C2C(C)C. The number of amides is 1. The monoisotopic (exact) mass is 331 g/mol. The highest BCUT2D eigenvalue weighted by atomic mass is 16.3. The Labute approximate surface area is 144 Å². The zero-order valence-corrected chi connectivity index (χ0v) is 15.1. The van der Waals surface area contributed by atoms with Crippen molar-refractivity contribution >= 4 is 5.91 Å². The first-order valence-electron chi connectivity index (χ1n) is 9.01. The van der Waals surface area contributed by atoms with Gasteiger partial charge < -0.3 is 15.3 Å². The van der Waals surface area contributed by atoms with Gasteiger partial charge in [0, 0.05) is 24.2 Å². The van der Waals surface area contributed by atoms with Gasteiger partial charge in [-0.2, -0.15) is 0 Å². The molecule has 5 heteroatoms. The van der Waals surface area contributed by atoms with Crippen LogP contribution in [0.3, 0.4) is 0 Å². The van der Waals surface area contributed by atoms with Gasteiger partial charge in [0.05, 0.1) is 12.1 Å². The molecule has 1 saturated heterocycles. The van der Waals surface area contributed by atoms with Crippen molar-refractivity contribution in [3.63, 3.8) is 0 Å². The summed E-state index contributed by atoms with van der Waals surface area (Å²) in [4.78, 5) is 19.2.